The van der Waals surface area contributed by atoms with Gasteiger partial charge in [0.25, 0.3) is 5.56 Å². The first-order chi connectivity index (χ1) is 12.9. The van der Waals surface area contributed by atoms with Crippen LogP contribution in [0.4, 0.5) is 0 Å². The van der Waals surface area contributed by atoms with Crippen LogP contribution in [0.2, 0.25) is 0 Å². The highest BCUT2D eigenvalue weighted by molar-refractivity contribution is 7.89. The van der Waals surface area contributed by atoms with E-state index in [2.05, 4.69) is 18.6 Å². The van der Waals surface area contributed by atoms with Crippen LogP contribution >= 0.6 is 0 Å². The van der Waals surface area contributed by atoms with Gasteiger partial charge in [-0.1, -0.05) is 52.0 Å². The molecule has 0 radical (unpaired) electrons. The normalized spacial score (nSPS) is 13.3. The summed E-state index contributed by atoms with van der Waals surface area (Å²) < 4.78 is 30.4. The van der Waals surface area contributed by atoms with Gasteiger partial charge in [-0.2, -0.15) is 0 Å². The molecule has 8 heteroatoms. The van der Waals surface area contributed by atoms with E-state index in [1.165, 1.54) is 19.7 Å². The lowest BCUT2D eigenvalue weighted by molar-refractivity contribution is 0.461. The molecule has 0 saturated heterocycles. The van der Waals surface area contributed by atoms with E-state index in [0.717, 1.165) is 27.3 Å². The predicted molar refractivity (Wildman–Crippen MR) is 110 cm³/mol. The molecule has 0 amide bonds. The zero-order valence-electron chi connectivity index (χ0n) is 17.3. The van der Waals surface area contributed by atoms with Gasteiger partial charge >= 0.3 is 5.69 Å². The number of sulfonamides is 1. The van der Waals surface area contributed by atoms with Crippen LogP contribution in [0.3, 0.4) is 0 Å². The Morgan fingerprint density at radius 3 is 2.07 bits per heavy atom. The maximum atomic E-state index is 12.9. The van der Waals surface area contributed by atoms with Crippen LogP contribution < -0.4 is 16.0 Å². The van der Waals surface area contributed by atoms with Crippen LogP contribution in [0.15, 0.2) is 44.9 Å². The second-order valence-corrected chi connectivity index (χ2v) is 9.62. The summed E-state index contributed by atoms with van der Waals surface area (Å²) in [6.45, 7) is 8.11. The van der Waals surface area contributed by atoms with Crippen molar-refractivity contribution in [3.8, 4) is 0 Å². The van der Waals surface area contributed by atoms with Crippen molar-refractivity contribution in [2.75, 3.05) is 0 Å². The first kappa shape index (κ1) is 22.1. The molecule has 2 aromatic rings. The lowest BCUT2D eigenvalue weighted by atomic mass is 9.94. The van der Waals surface area contributed by atoms with Crippen LogP contribution in [0.25, 0.3) is 0 Å². The van der Waals surface area contributed by atoms with Gasteiger partial charge in [-0.05, 0) is 29.4 Å². The highest BCUT2D eigenvalue weighted by Crippen LogP contribution is 2.24. The number of hydrogen-bond donors (Lipinski definition) is 1. The largest absolute Gasteiger partial charge is 0.330 e. The molecule has 0 bridgehead atoms. The third-order valence-electron chi connectivity index (χ3n) is 4.64. The second kappa shape index (κ2) is 8.45. The summed E-state index contributed by atoms with van der Waals surface area (Å²) in [5.41, 5.74) is 0.597. The van der Waals surface area contributed by atoms with E-state index in [1.807, 2.05) is 38.1 Å². The molecule has 1 atom stereocenters. The number of nitrogens with zero attached hydrogens (tertiary/aromatic N) is 2. The van der Waals surface area contributed by atoms with Crippen LogP contribution in [0, 0.1) is 11.8 Å². The standard InChI is InChI=1S/C20H29N3O4S/c1-13(2)11-15-7-9-16(10-8-15)18(14(3)4)21-28(26,27)17-12-22(5)20(25)23(6)19(17)24/h7-10,12-14,18,21H,11H2,1-6H3/t18-/m0/s1. The lowest BCUT2D eigenvalue weighted by Crippen LogP contribution is -2.42. The Morgan fingerprint density at radius 1 is 1.00 bits per heavy atom. The number of aryl methyl sites for hydroxylation is 1. The van der Waals surface area contributed by atoms with Gasteiger partial charge in [0.2, 0.25) is 10.0 Å². The summed E-state index contributed by atoms with van der Waals surface area (Å²) in [6, 6.07) is 7.35. The van der Waals surface area contributed by atoms with Gasteiger partial charge in [-0.3, -0.25) is 9.36 Å². The molecule has 28 heavy (non-hydrogen) atoms. The van der Waals surface area contributed by atoms with E-state index in [0.29, 0.717) is 5.92 Å². The molecule has 2 rings (SSSR count). The minimum atomic E-state index is -4.12. The van der Waals surface area contributed by atoms with Gasteiger partial charge in [0.15, 0.2) is 4.90 Å². The van der Waals surface area contributed by atoms with Crippen molar-refractivity contribution in [2.45, 2.75) is 45.1 Å². The first-order valence-corrected chi connectivity index (χ1v) is 10.8. The Kier molecular flexibility index (Phi) is 6.67. The molecule has 0 fully saturated rings. The van der Waals surface area contributed by atoms with Gasteiger partial charge in [-0.25, -0.2) is 17.9 Å². The Bertz CT molecular complexity index is 1050. The van der Waals surface area contributed by atoms with Crippen molar-refractivity contribution in [2.24, 2.45) is 25.9 Å². The van der Waals surface area contributed by atoms with E-state index in [9.17, 15) is 18.0 Å². The predicted octanol–water partition coefficient (Wildman–Crippen LogP) is 1.96. The van der Waals surface area contributed by atoms with Crippen LogP contribution in [-0.4, -0.2) is 17.6 Å². The highest BCUT2D eigenvalue weighted by atomic mass is 32.2. The summed E-state index contributed by atoms with van der Waals surface area (Å²) >= 11 is 0. The molecule has 0 aliphatic heterocycles. The Hall–Kier alpha value is -2.19. The summed E-state index contributed by atoms with van der Waals surface area (Å²) in [4.78, 5) is 23.7. The third-order valence-corrected chi connectivity index (χ3v) is 6.06. The van der Waals surface area contributed by atoms with E-state index >= 15 is 0 Å². The molecule has 1 heterocycles. The third kappa shape index (κ3) is 4.80. The van der Waals surface area contributed by atoms with Gasteiger partial charge in [0.1, 0.15) is 0 Å². The number of benzene rings is 1. The number of hydrogen-bond acceptors (Lipinski definition) is 4. The molecule has 0 saturated carbocycles. The molecule has 1 aromatic carbocycles. The van der Waals surface area contributed by atoms with Gasteiger partial charge < -0.3 is 4.57 Å². The van der Waals surface area contributed by atoms with Crippen molar-refractivity contribution in [1.82, 2.24) is 13.9 Å². The summed E-state index contributed by atoms with van der Waals surface area (Å²) in [5.74, 6) is 0.494. The Balaban J connectivity index is 2.42. The molecule has 0 spiro atoms. The second-order valence-electron chi connectivity index (χ2n) is 7.93. The molecule has 7 nitrogen and oxygen atoms in total. The fourth-order valence-electron chi connectivity index (χ4n) is 3.11. The maximum absolute atomic E-state index is 12.9. The molecular formula is C20H29N3O4S. The average molecular weight is 408 g/mol. The highest BCUT2D eigenvalue weighted by Gasteiger charge is 2.27. The van der Waals surface area contributed by atoms with E-state index < -0.39 is 32.2 Å². The molecule has 0 unspecified atom stereocenters. The zero-order chi connectivity index (χ0) is 21.2. The summed E-state index contributed by atoms with van der Waals surface area (Å²) in [7, 11) is -1.45. The topological polar surface area (TPSA) is 90.2 Å². The van der Waals surface area contributed by atoms with Crippen molar-refractivity contribution in [1.29, 1.82) is 0 Å². The number of aromatic nitrogens is 2. The van der Waals surface area contributed by atoms with E-state index in [-0.39, 0.29) is 5.92 Å². The zero-order valence-corrected chi connectivity index (χ0v) is 18.1. The number of nitrogens with one attached hydrogen (secondary N) is 1. The summed E-state index contributed by atoms with van der Waals surface area (Å²) in [6.07, 6.45) is 2.02. The summed E-state index contributed by atoms with van der Waals surface area (Å²) in [5, 5.41) is 0. The monoisotopic (exact) mass is 407 g/mol. The minimum Gasteiger partial charge on any atom is -0.302 e. The first-order valence-electron chi connectivity index (χ1n) is 9.32. The van der Waals surface area contributed by atoms with E-state index in [1.54, 1.807) is 0 Å². The SMILES string of the molecule is CC(C)Cc1ccc([C@@H](NS(=O)(=O)c2cn(C)c(=O)n(C)c2=O)C(C)C)cc1. The van der Waals surface area contributed by atoms with Crippen molar-refractivity contribution in [3.05, 3.63) is 62.4 Å². The van der Waals surface area contributed by atoms with Crippen LogP contribution in [0.5, 0.6) is 0 Å². The van der Waals surface area contributed by atoms with Crippen molar-refractivity contribution in [3.63, 3.8) is 0 Å². The molecular weight excluding hydrogens is 378 g/mol. The number of rotatable bonds is 7. The maximum Gasteiger partial charge on any atom is 0.330 e. The van der Waals surface area contributed by atoms with Gasteiger partial charge in [-0.15, -0.1) is 0 Å². The molecule has 0 aliphatic carbocycles. The van der Waals surface area contributed by atoms with Crippen molar-refractivity contribution >= 4 is 10.0 Å². The Morgan fingerprint density at radius 2 is 1.57 bits per heavy atom. The fraction of sp³-hybridized carbons (Fsp3) is 0.500. The van der Waals surface area contributed by atoms with Crippen molar-refractivity contribution < 1.29 is 8.42 Å². The lowest BCUT2D eigenvalue weighted by Gasteiger charge is -2.23. The van der Waals surface area contributed by atoms with Gasteiger partial charge in [0, 0.05) is 26.3 Å². The van der Waals surface area contributed by atoms with Crippen LogP contribution in [0.1, 0.15) is 44.9 Å². The molecule has 0 aliphatic rings. The Labute approximate surface area is 166 Å². The smallest absolute Gasteiger partial charge is 0.302 e. The molecule has 154 valence electrons. The average Bonchev–Trinajstić information content (AvgIpc) is 2.61. The van der Waals surface area contributed by atoms with Crippen LogP contribution in [-0.2, 0) is 30.5 Å². The minimum absolute atomic E-state index is 0.0397. The fourth-order valence-corrected chi connectivity index (χ4v) is 4.64. The molecule has 1 N–H and O–H groups in total. The molecule has 1 aromatic heterocycles. The van der Waals surface area contributed by atoms with E-state index in [4.69, 9.17) is 0 Å². The van der Waals surface area contributed by atoms with Gasteiger partial charge in [0.05, 0.1) is 0 Å². The quantitative estimate of drug-likeness (QED) is 0.760.